The maximum Gasteiger partial charge on any atom is 0.500 e. The number of ether oxygens (including phenoxy) is 1. The van der Waals surface area contributed by atoms with Crippen LogP contribution < -0.4 is 0 Å². The topological polar surface area (TPSA) is 40.2 Å². The molecule has 5 heteroatoms. The van der Waals surface area contributed by atoms with Crippen molar-refractivity contribution in [2.75, 3.05) is 21.3 Å². The summed E-state index contributed by atoms with van der Waals surface area (Å²) < 4.78 is 22.3. The molecule has 4 unspecified atom stereocenters. The molecule has 4 atom stereocenters. The monoisotopic (exact) mass is 258 g/mol. The van der Waals surface area contributed by atoms with Gasteiger partial charge in [0.05, 0.1) is 12.2 Å². The molecule has 0 amide bonds. The number of epoxide rings is 1. The first kappa shape index (κ1) is 12.1. The zero-order valence-electron chi connectivity index (χ0n) is 10.9. The van der Waals surface area contributed by atoms with E-state index in [9.17, 15) is 0 Å². The minimum atomic E-state index is -2.40. The van der Waals surface area contributed by atoms with Crippen molar-refractivity contribution in [3.05, 3.63) is 0 Å². The maximum atomic E-state index is 5.80. The van der Waals surface area contributed by atoms with Crippen molar-refractivity contribution >= 4 is 8.80 Å². The van der Waals surface area contributed by atoms with Crippen molar-refractivity contribution in [3.63, 3.8) is 0 Å². The summed E-state index contributed by atoms with van der Waals surface area (Å²) in [6.45, 7) is 0. The molecule has 0 aromatic heterocycles. The Morgan fingerprint density at radius 2 is 1.94 bits per heavy atom. The number of fused-ring (bicyclic) bond motifs is 5. The molecule has 0 spiro atoms. The Morgan fingerprint density at radius 3 is 2.47 bits per heavy atom. The van der Waals surface area contributed by atoms with Crippen LogP contribution in [-0.4, -0.2) is 42.3 Å². The third-order valence-corrected chi connectivity index (χ3v) is 7.87. The summed E-state index contributed by atoms with van der Waals surface area (Å²) in [4.78, 5) is 0. The van der Waals surface area contributed by atoms with Crippen molar-refractivity contribution in [1.82, 2.24) is 0 Å². The van der Waals surface area contributed by atoms with Crippen molar-refractivity contribution in [2.24, 2.45) is 11.3 Å². The molecule has 17 heavy (non-hydrogen) atoms. The van der Waals surface area contributed by atoms with Gasteiger partial charge in [-0.3, -0.25) is 0 Å². The highest BCUT2D eigenvalue weighted by molar-refractivity contribution is 6.60. The lowest BCUT2D eigenvalue weighted by Gasteiger charge is -2.31. The van der Waals surface area contributed by atoms with E-state index in [1.807, 2.05) is 0 Å². The van der Waals surface area contributed by atoms with Crippen LogP contribution in [0.2, 0.25) is 6.04 Å². The molecular weight excluding hydrogens is 236 g/mol. The Morgan fingerprint density at radius 1 is 1.24 bits per heavy atom. The molecule has 3 fully saturated rings. The van der Waals surface area contributed by atoms with Crippen LogP contribution in [0.25, 0.3) is 0 Å². The quantitative estimate of drug-likeness (QED) is 0.538. The fourth-order valence-corrected chi connectivity index (χ4v) is 5.96. The summed E-state index contributed by atoms with van der Waals surface area (Å²) in [7, 11) is 2.69. The lowest BCUT2D eigenvalue weighted by Crippen LogP contribution is -2.44. The van der Waals surface area contributed by atoms with E-state index in [4.69, 9.17) is 18.0 Å². The molecule has 1 saturated heterocycles. The molecule has 1 heterocycles. The highest BCUT2D eigenvalue weighted by Gasteiger charge is 2.68. The van der Waals surface area contributed by atoms with Gasteiger partial charge in [-0.05, 0) is 37.0 Å². The van der Waals surface area contributed by atoms with Crippen molar-refractivity contribution < 1.29 is 18.0 Å². The number of hydrogen-bond acceptors (Lipinski definition) is 4. The molecule has 2 aliphatic carbocycles. The molecular formula is C12H22O4Si. The molecule has 3 rings (SSSR count). The molecule has 0 aromatic rings. The van der Waals surface area contributed by atoms with Crippen LogP contribution in [0.1, 0.15) is 25.7 Å². The van der Waals surface area contributed by atoms with Crippen LogP contribution in [0.5, 0.6) is 0 Å². The molecule has 0 aromatic carbocycles. The van der Waals surface area contributed by atoms with E-state index in [1.54, 1.807) is 21.3 Å². The van der Waals surface area contributed by atoms with E-state index in [1.165, 1.54) is 19.3 Å². The second-order valence-electron chi connectivity index (χ2n) is 5.68. The average molecular weight is 258 g/mol. The first-order chi connectivity index (χ1) is 8.18. The number of hydrogen-bond donors (Lipinski definition) is 0. The SMILES string of the molecule is CO[Si](CCC12CCC(C1)C1OC12)(OC)OC. The van der Waals surface area contributed by atoms with Gasteiger partial charge in [-0.1, -0.05) is 0 Å². The largest absolute Gasteiger partial charge is 0.500 e. The van der Waals surface area contributed by atoms with Gasteiger partial charge in [-0.2, -0.15) is 0 Å². The van der Waals surface area contributed by atoms with Gasteiger partial charge in [0.25, 0.3) is 0 Å². The van der Waals surface area contributed by atoms with E-state index in [-0.39, 0.29) is 0 Å². The maximum absolute atomic E-state index is 5.80. The van der Waals surface area contributed by atoms with Gasteiger partial charge in [-0.25, -0.2) is 0 Å². The van der Waals surface area contributed by atoms with E-state index in [0.29, 0.717) is 17.6 Å². The lowest BCUT2D eigenvalue weighted by molar-refractivity contribution is 0.110. The second-order valence-corrected chi connectivity index (χ2v) is 8.77. The smallest absolute Gasteiger partial charge is 0.377 e. The van der Waals surface area contributed by atoms with Crippen LogP contribution in [-0.2, 0) is 18.0 Å². The van der Waals surface area contributed by atoms with Crippen LogP contribution >= 0.6 is 0 Å². The van der Waals surface area contributed by atoms with Gasteiger partial charge in [-0.15, -0.1) is 0 Å². The van der Waals surface area contributed by atoms with E-state index < -0.39 is 8.80 Å². The van der Waals surface area contributed by atoms with E-state index in [0.717, 1.165) is 18.4 Å². The standard InChI is InChI=1S/C12H22O4Si/c1-13-17(14-2,15-3)7-6-12-5-4-9(8-12)10-11(12)16-10/h9-11H,4-8H2,1-3H3. The Labute approximate surface area is 104 Å². The first-order valence-corrected chi connectivity index (χ1v) is 8.43. The second kappa shape index (κ2) is 4.03. The highest BCUT2D eigenvalue weighted by Crippen LogP contribution is 2.65. The van der Waals surface area contributed by atoms with Gasteiger partial charge < -0.3 is 18.0 Å². The summed E-state index contributed by atoms with van der Waals surface area (Å²) in [6, 6.07) is 0.913. The molecule has 2 saturated carbocycles. The van der Waals surface area contributed by atoms with Crippen molar-refractivity contribution in [2.45, 2.75) is 43.9 Å². The van der Waals surface area contributed by atoms with Crippen molar-refractivity contribution in [3.8, 4) is 0 Å². The van der Waals surface area contributed by atoms with Crippen LogP contribution in [0.3, 0.4) is 0 Å². The minimum absolute atomic E-state index is 0.420. The van der Waals surface area contributed by atoms with Gasteiger partial charge >= 0.3 is 8.80 Å². The molecule has 4 nitrogen and oxygen atoms in total. The van der Waals surface area contributed by atoms with Crippen LogP contribution in [0.4, 0.5) is 0 Å². The number of rotatable bonds is 6. The summed E-state index contributed by atoms with van der Waals surface area (Å²) in [5.41, 5.74) is 0.420. The molecule has 2 bridgehead atoms. The van der Waals surface area contributed by atoms with Gasteiger partial charge in [0.1, 0.15) is 0 Å². The van der Waals surface area contributed by atoms with Crippen LogP contribution in [0, 0.1) is 11.3 Å². The summed E-state index contributed by atoms with van der Waals surface area (Å²) in [5, 5.41) is 0. The van der Waals surface area contributed by atoms with Gasteiger partial charge in [0.15, 0.2) is 0 Å². The summed E-state index contributed by atoms with van der Waals surface area (Å²) >= 11 is 0. The first-order valence-electron chi connectivity index (χ1n) is 6.49. The Balaban J connectivity index is 1.64. The zero-order chi connectivity index (χ0) is 12.1. The van der Waals surface area contributed by atoms with Gasteiger partial charge in [0, 0.05) is 27.4 Å². The van der Waals surface area contributed by atoms with Crippen LogP contribution in [0.15, 0.2) is 0 Å². The normalized spacial score (nSPS) is 42.9. The molecule has 0 N–H and O–H groups in total. The fourth-order valence-electron chi connectivity index (χ4n) is 4.04. The molecule has 3 aliphatic rings. The predicted octanol–water partition coefficient (Wildman–Crippen LogP) is 1.82. The summed E-state index contributed by atoms with van der Waals surface area (Å²) in [6.07, 6.45) is 6.28. The highest BCUT2D eigenvalue weighted by atomic mass is 28.4. The average Bonchev–Trinajstić information content (AvgIpc) is 3.02. The zero-order valence-corrected chi connectivity index (χ0v) is 11.9. The summed E-state index contributed by atoms with van der Waals surface area (Å²) in [5.74, 6) is 0.837. The third-order valence-electron chi connectivity index (χ3n) is 5.14. The molecule has 98 valence electrons. The molecule has 0 radical (unpaired) electrons. The Bertz CT molecular complexity index is 299. The Kier molecular flexibility index (Phi) is 2.87. The Hall–Kier alpha value is 0.0569. The third kappa shape index (κ3) is 1.71. The fraction of sp³-hybridized carbons (Fsp3) is 1.00. The van der Waals surface area contributed by atoms with E-state index >= 15 is 0 Å². The van der Waals surface area contributed by atoms with Crippen molar-refractivity contribution in [1.29, 1.82) is 0 Å². The van der Waals surface area contributed by atoms with E-state index in [2.05, 4.69) is 0 Å². The minimum Gasteiger partial charge on any atom is -0.377 e. The predicted molar refractivity (Wildman–Crippen MR) is 64.6 cm³/mol. The van der Waals surface area contributed by atoms with Gasteiger partial charge in [0.2, 0.25) is 0 Å². The lowest BCUT2D eigenvalue weighted by atomic mass is 9.81. The molecule has 1 aliphatic heterocycles.